The first-order valence-corrected chi connectivity index (χ1v) is 8.13. The molecule has 0 aliphatic heterocycles. The molecule has 0 unspecified atom stereocenters. The van der Waals surface area contributed by atoms with Crippen LogP contribution in [-0.2, 0) is 6.42 Å². The Balaban J connectivity index is 2.36. The first-order valence-electron chi connectivity index (χ1n) is 8.13. The smallest absolute Gasteiger partial charge is 0.143 e. The Kier molecular flexibility index (Phi) is 4.31. The summed E-state index contributed by atoms with van der Waals surface area (Å²) < 4.78 is 7.06. The zero-order valence-corrected chi connectivity index (χ0v) is 14.5. The Morgan fingerprint density at radius 1 is 1.28 bits per heavy atom. The predicted octanol–water partition coefficient (Wildman–Crippen LogP) is 3.09. The van der Waals surface area contributed by atoms with E-state index in [1.54, 1.807) is 28.9 Å². The molecule has 0 fully saturated rings. The number of hydrogen-bond donors (Lipinski definition) is 3. The van der Waals surface area contributed by atoms with Gasteiger partial charge >= 0.3 is 0 Å². The fourth-order valence-corrected chi connectivity index (χ4v) is 2.99. The molecule has 7 nitrogen and oxygen atoms in total. The van der Waals surface area contributed by atoms with Gasteiger partial charge in [-0.05, 0) is 44.5 Å². The maximum Gasteiger partial charge on any atom is 0.143 e. The normalized spacial score (nSPS) is 11.0. The van der Waals surface area contributed by atoms with Crippen molar-refractivity contribution >= 4 is 5.84 Å². The van der Waals surface area contributed by atoms with Gasteiger partial charge in [0, 0.05) is 0 Å². The number of aromatic hydroxyl groups is 1. The highest BCUT2D eigenvalue weighted by Crippen LogP contribution is 2.34. The van der Waals surface area contributed by atoms with Gasteiger partial charge in [0.1, 0.15) is 17.3 Å². The lowest BCUT2D eigenvalue weighted by molar-refractivity contribution is 0.393. The minimum atomic E-state index is -0.0384. The molecule has 0 amide bonds. The van der Waals surface area contributed by atoms with Gasteiger partial charge in [-0.15, -0.1) is 0 Å². The average Bonchev–Trinajstić information content (AvgIpc) is 3.08. The summed E-state index contributed by atoms with van der Waals surface area (Å²) in [6.07, 6.45) is 1.59. The van der Waals surface area contributed by atoms with Crippen molar-refractivity contribution in [3.8, 4) is 22.7 Å². The van der Waals surface area contributed by atoms with E-state index in [0.717, 1.165) is 23.4 Å². The Morgan fingerprint density at radius 2 is 1.96 bits per heavy atom. The van der Waals surface area contributed by atoms with Crippen molar-refractivity contribution in [3.05, 3.63) is 47.0 Å². The molecule has 0 saturated heterocycles. The van der Waals surface area contributed by atoms with Crippen LogP contribution in [0.5, 0.6) is 5.75 Å². The summed E-state index contributed by atoms with van der Waals surface area (Å²) in [5, 5.41) is 26.4. The molecule has 1 aromatic carbocycles. The SMILES string of the molecule is CCCc1nn(-c2ccc(O)cc2)c(-c2c(C)noc2C)c1C(=N)N. The molecule has 130 valence electrons. The van der Waals surface area contributed by atoms with Crippen LogP contribution in [0.4, 0.5) is 0 Å². The maximum atomic E-state index is 9.57. The Morgan fingerprint density at radius 3 is 2.48 bits per heavy atom. The standard InChI is InChI=1S/C18H21N5O2/c1-4-5-14-16(18(19)20)17(15-10(2)22-25-11(15)3)23(21-14)12-6-8-13(24)9-7-12/h6-9,24H,4-5H2,1-3H3,(H3,19,20). The number of phenols is 1. The zero-order chi connectivity index (χ0) is 18.1. The Bertz CT molecular complexity index is 902. The topological polar surface area (TPSA) is 114 Å². The Hall–Kier alpha value is -3.09. The number of nitrogens with zero attached hydrogens (tertiary/aromatic N) is 3. The molecule has 0 atom stereocenters. The second-order valence-electron chi connectivity index (χ2n) is 5.96. The highest BCUT2D eigenvalue weighted by molar-refractivity contribution is 6.02. The number of nitrogens with one attached hydrogen (secondary N) is 1. The van der Waals surface area contributed by atoms with Gasteiger partial charge in [0.25, 0.3) is 0 Å². The number of nitrogens with two attached hydrogens (primary N) is 1. The summed E-state index contributed by atoms with van der Waals surface area (Å²) >= 11 is 0. The number of rotatable bonds is 5. The van der Waals surface area contributed by atoms with E-state index in [0.29, 0.717) is 29.1 Å². The van der Waals surface area contributed by atoms with Crippen molar-refractivity contribution in [1.29, 1.82) is 5.41 Å². The molecule has 0 aliphatic rings. The molecule has 3 aromatic rings. The van der Waals surface area contributed by atoms with Gasteiger partial charge in [0.15, 0.2) is 0 Å². The molecule has 2 heterocycles. The monoisotopic (exact) mass is 339 g/mol. The van der Waals surface area contributed by atoms with Gasteiger partial charge in [0.2, 0.25) is 0 Å². The van der Waals surface area contributed by atoms with Crippen molar-refractivity contribution in [2.45, 2.75) is 33.6 Å². The summed E-state index contributed by atoms with van der Waals surface area (Å²) in [4.78, 5) is 0. The number of amidine groups is 1. The number of aryl methyl sites for hydroxylation is 3. The van der Waals surface area contributed by atoms with Gasteiger partial charge in [-0.25, -0.2) is 4.68 Å². The lowest BCUT2D eigenvalue weighted by Crippen LogP contribution is -2.14. The zero-order valence-electron chi connectivity index (χ0n) is 14.5. The molecular weight excluding hydrogens is 318 g/mol. The quantitative estimate of drug-likeness (QED) is 0.488. The van der Waals surface area contributed by atoms with Crippen molar-refractivity contribution < 1.29 is 9.63 Å². The van der Waals surface area contributed by atoms with Crippen LogP contribution < -0.4 is 5.73 Å². The van der Waals surface area contributed by atoms with Crippen LogP contribution in [-0.4, -0.2) is 25.9 Å². The van der Waals surface area contributed by atoms with Crippen molar-refractivity contribution in [3.63, 3.8) is 0 Å². The molecular formula is C18H21N5O2. The van der Waals surface area contributed by atoms with Gasteiger partial charge in [-0.3, -0.25) is 5.41 Å². The van der Waals surface area contributed by atoms with Gasteiger partial charge < -0.3 is 15.4 Å². The molecule has 0 bridgehead atoms. The molecule has 0 spiro atoms. The second kappa shape index (κ2) is 6.43. The molecule has 0 radical (unpaired) electrons. The minimum absolute atomic E-state index is 0.0384. The van der Waals surface area contributed by atoms with Crippen LogP contribution in [0.15, 0.2) is 28.8 Å². The van der Waals surface area contributed by atoms with Crippen molar-refractivity contribution in [1.82, 2.24) is 14.9 Å². The van der Waals surface area contributed by atoms with Crippen LogP contribution in [0.3, 0.4) is 0 Å². The molecule has 0 saturated carbocycles. The van der Waals surface area contributed by atoms with Crippen LogP contribution in [0.1, 0.15) is 36.1 Å². The molecule has 4 N–H and O–H groups in total. The summed E-state index contributed by atoms with van der Waals surface area (Å²) in [6, 6.07) is 6.73. The van der Waals surface area contributed by atoms with Crippen LogP contribution in [0.2, 0.25) is 0 Å². The molecule has 0 aliphatic carbocycles. The number of hydrogen-bond acceptors (Lipinski definition) is 5. The summed E-state index contributed by atoms with van der Waals surface area (Å²) in [6.45, 7) is 5.73. The van der Waals surface area contributed by atoms with E-state index in [-0.39, 0.29) is 11.6 Å². The van der Waals surface area contributed by atoms with E-state index >= 15 is 0 Å². The van der Waals surface area contributed by atoms with Crippen LogP contribution in [0.25, 0.3) is 16.9 Å². The summed E-state index contributed by atoms with van der Waals surface area (Å²) in [7, 11) is 0. The highest BCUT2D eigenvalue weighted by atomic mass is 16.5. The third-order valence-corrected chi connectivity index (χ3v) is 4.08. The van der Waals surface area contributed by atoms with Crippen molar-refractivity contribution in [2.24, 2.45) is 5.73 Å². The third-order valence-electron chi connectivity index (χ3n) is 4.08. The molecule has 7 heteroatoms. The largest absolute Gasteiger partial charge is 0.508 e. The minimum Gasteiger partial charge on any atom is -0.508 e. The number of benzene rings is 1. The maximum absolute atomic E-state index is 9.57. The van der Waals surface area contributed by atoms with Gasteiger partial charge in [0.05, 0.1) is 33.9 Å². The van der Waals surface area contributed by atoms with E-state index in [9.17, 15) is 5.11 Å². The first-order chi connectivity index (χ1) is 11.9. The van der Waals surface area contributed by atoms with Crippen LogP contribution >= 0.6 is 0 Å². The second-order valence-corrected chi connectivity index (χ2v) is 5.96. The van der Waals surface area contributed by atoms with Gasteiger partial charge in [-0.2, -0.15) is 5.10 Å². The lowest BCUT2D eigenvalue weighted by Gasteiger charge is -2.09. The van der Waals surface area contributed by atoms with E-state index < -0.39 is 0 Å². The fraction of sp³-hybridized carbons (Fsp3) is 0.278. The molecule has 3 rings (SSSR count). The van der Waals surface area contributed by atoms with E-state index in [1.807, 2.05) is 13.8 Å². The fourth-order valence-electron chi connectivity index (χ4n) is 2.99. The van der Waals surface area contributed by atoms with Gasteiger partial charge in [-0.1, -0.05) is 18.5 Å². The molecule has 2 aromatic heterocycles. The third kappa shape index (κ3) is 2.88. The Labute approximate surface area is 145 Å². The van der Waals surface area contributed by atoms with Crippen LogP contribution in [0, 0.1) is 19.3 Å². The van der Waals surface area contributed by atoms with E-state index in [4.69, 9.17) is 20.8 Å². The summed E-state index contributed by atoms with van der Waals surface area (Å²) in [5.41, 5.74) is 10.2. The first kappa shape index (κ1) is 16.8. The summed E-state index contributed by atoms with van der Waals surface area (Å²) in [5.74, 6) is 0.779. The van der Waals surface area contributed by atoms with Crippen molar-refractivity contribution in [2.75, 3.05) is 0 Å². The lowest BCUT2D eigenvalue weighted by atomic mass is 10.0. The predicted molar refractivity (Wildman–Crippen MR) is 95.2 cm³/mol. The average molecular weight is 339 g/mol. The number of aromatic nitrogens is 3. The molecule has 25 heavy (non-hydrogen) atoms. The van der Waals surface area contributed by atoms with E-state index in [2.05, 4.69) is 12.1 Å². The highest BCUT2D eigenvalue weighted by Gasteiger charge is 2.26. The number of phenolic OH excluding ortho intramolecular Hbond substituents is 1. The number of nitrogen functional groups attached to an aromatic ring is 1. The van der Waals surface area contributed by atoms with E-state index in [1.165, 1.54) is 0 Å².